The third-order valence-electron chi connectivity index (χ3n) is 5.62. The van der Waals surface area contributed by atoms with Crippen LogP contribution in [-0.4, -0.2) is 36.5 Å². The molecule has 1 spiro atoms. The highest BCUT2D eigenvalue weighted by molar-refractivity contribution is 7.07. The number of carbonyl (C=O) groups excluding carboxylic acids is 1. The van der Waals surface area contributed by atoms with Gasteiger partial charge in [0, 0.05) is 18.7 Å². The summed E-state index contributed by atoms with van der Waals surface area (Å²) in [7, 11) is 0. The molecule has 0 bridgehead atoms. The largest absolute Gasteiger partial charge is 0.481 e. The zero-order valence-corrected chi connectivity index (χ0v) is 17.0. The molecule has 2 aliphatic rings. The van der Waals surface area contributed by atoms with Crippen molar-refractivity contribution < 1.29 is 18.3 Å². The topological polar surface area (TPSA) is 41.6 Å². The van der Waals surface area contributed by atoms with E-state index < -0.39 is 11.6 Å². The summed E-state index contributed by atoms with van der Waals surface area (Å²) in [5.41, 5.74) is 1.30. The molecule has 4 nitrogen and oxygen atoms in total. The van der Waals surface area contributed by atoms with E-state index in [-0.39, 0.29) is 42.1 Å². The summed E-state index contributed by atoms with van der Waals surface area (Å²) in [5, 5.41) is 7.41. The molecule has 1 aromatic carbocycles. The molecule has 4 rings (SSSR count). The van der Waals surface area contributed by atoms with Crippen molar-refractivity contribution in [3.8, 4) is 5.75 Å². The molecular weight excluding hydrogens is 406 g/mol. The van der Waals surface area contributed by atoms with Gasteiger partial charge in [0.05, 0.1) is 0 Å². The van der Waals surface area contributed by atoms with Gasteiger partial charge in [-0.15, -0.1) is 12.4 Å². The first-order valence-electron chi connectivity index (χ1n) is 9.16. The van der Waals surface area contributed by atoms with Crippen LogP contribution < -0.4 is 10.1 Å². The highest BCUT2D eigenvalue weighted by Crippen LogP contribution is 2.56. The van der Waals surface area contributed by atoms with Crippen molar-refractivity contribution in [3.05, 3.63) is 52.2 Å². The molecule has 1 atom stereocenters. The van der Waals surface area contributed by atoms with Crippen LogP contribution in [0.25, 0.3) is 0 Å². The Bertz CT molecular complexity index is 813. The van der Waals surface area contributed by atoms with Gasteiger partial charge in [-0.3, -0.25) is 4.79 Å². The van der Waals surface area contributed by atoms with Gasteiger partial charge in [0.1, 0.15) is 5.82 Å². The van der Waals surface area contributed by atoms with Gasteiger partial charge >= 0.3 is 0 Å². The van der Waals surface area contributed by atoms with E-state index in [0.29, 0.717) is 6.54 Å². The van der Waals surface area contributed by atoms with Crippen molar-refractivity contribution in [2.45, 2.75) is 31.8 Å². The lowest BCUT2D eigenvalue weighted by atomic mass is 9.93. The second kappa shape index (κ2) is 8.76. The molecule has 1 saturated carbocycles. The number of thiophene rings is 1. The van der Waals surface area contributed by atoms with Crippen molar-refractivity contribution in [2.75, 3.05) is 19.7 Å². The maximum Gasteiger partial charge on any atom is 0.261 e. The monoisotopic (exact) mass is 428 g/mol. The van der Waals surface area contributed by atoms with Gasteiger partial charge in [0.2, 0.25) is 0 Å². The normalized spacial score (nSPS) is 19.7. The van der Waals surface area contributed by atoms with Gasteiger partial charge in [-0.2, -0.15) is 11.3 Å². The van der Waals surface area contributed by atoms with E-state index >= 15 is 0 Å². The zero-order chi connectivity index (χ0) is 18.9. The van der Waals surface area contributed by atoms with Crippen LogP contribution in [0, 0.1) is 17.0 Å². The average Bonchev–Trinajstić information content (AvgIpc) is 3.08. The number of hydrogen-bond donors (Lipinski definition) is 1. The van der Waals surface area contributed by atoms with Gasteiger partial charge in [-0.25, -0.2) is 8.78 Å². The lowest BCUT2D eigenvalue weighted by Gasteiger charge is -2.29. The van der Waals surface area contributed by atoms with E-state index in [1.165, 1.54) is 6.07 Å². The van der Waals surface area contributed by atoms with Crippen LogP contribution in [0.15, 0.2) is 35.0 Å². The molecule has 8 heteroatoms. The van der Waals surface area contributed by atoms with E-state index in [1.807, 2.05) is 21.7 Å². The summed E-state index contributed by atoms with van der Waals surface area (Å²) in [6.45, 7) is 2.25. The number of carbonyl (C=O) groups is 1. The standard InChI is InChI=1S/C20H22F2N2O2S.ClH/c21-15-1-2-17(16(22)9-15)26-12-19(25)24(11-14-3-8-27-13-14)18-10-20(18)4-6-23-7-5-20;/h1-3,8-9,13,18,23H,4-7,10-12H2;1H. The summed E-state index contributed by atoms with van der Waals surface area (Å²) in [6, 6.07) is 5.31. The van der Waals surface area contributed by atoms with Crippen LogP contribution >= 0.6 is 23.7 Å². The van der Waals surface area contributed by atoms with Gasteiger partial charge in [-0.05, 0) is 72.3 Å². The SMILES string of the molecule is Cl.O=C(COc1ccc(F)cc1F)N(Cc1ccsc1)C1CC12CCNCC2. The number of rotatable bonds is 6. The number of ether oxygens (including phenoxy) is 1. The Hall–Kier alpha value is -1.70. The molecular formula is C20H23ClF2N2O2S. The first-order valence-corrected chi connectivity index (χ1v) is 10.1. The summed E-state index contributed by atoms with van der Waals surface area (Å²) >= 11 is 1.60. The molecule has 1 saturated heterocycles. The minimum atomic E-state index is -0.798. The fraction of sp³-hybridized carbons (Fsp3) is 0.450. The summed E-state index contributed by atoms with van der Waals surface area (Å²) in [5.74, 6) is -1.73. The predicted octanol–water partition coefficient (Wildman–Crippen LogP) is 4.00. The molecule has 2 fully saturated rings. The minimum Gasteiger partial charge on any atom is -0.481 e. The molecule has 2 aromatic rings. The molecule has 1 aromatic heterocycles. The fourth-order valence-electron chi connectivity index (χ4n) is 4.00. The second-order valence-electron chi connectivity index (χ2n) is 7.35. The number of nitrogens with zero attached hydrogens (tertiary/aromatic N) is 1. The first-order chi connectivity index (χ1) is 13.1. The molecule has 1 aliphatic heterocycles. The summed E-state index contributed by atoms with van der Waals surface area (Å²) in [6.07, 6.45) is 3.15. The van der Waals surface area contributed by atoms with Crippen LogP contribution in [0.1, 0.15) is 24.8 Å². The van der Waals surface area contributed by atoms with Gasteiger partial charge in [0.25, 0.3) is 5.91 Å². The van der Waals surface area contributed by atoms with E-state index in [9.17, 15) is 13.6 Å². The number of hydrogen-bond acceptors (Lipinski definition) is 4. The Morgan fingerprint density at radius 1 is 1.29 bits per heavy atom. The lowest BCUT2D eigenvalue weighted by Crippen LogP contribution is -2.41. The van der Waals surface area contributed by atoms with Crippen LogP contribution in [0.4, 0.5) is 8.78 Å². The number of benzene rings is 1. The highest BCUT2D eigenvalue weighted by Gasteiger charge is 2.57. The average molecular weight is 429 g/mol. The Morgan fingerprint density at radius 2 is 2.07 bits per heavy atom. The molecule has 1 unspecified atom stereocenters. The fourth-order valence-corrected chi connectivity index (χ4v) is 4.65. The number of halogens is 3. The van der Waals surface area contributed by atoms with E-state index in [4.69, 9.17) is 4.74 Å². The van der Waals surface area contributed by atoms with Crippen LogP contribution in [0.5, 0.6) is 5.75 Å². The van der Waals surface area contributed by atoms with Crippen molar-refractivity contribution in [2.24, 2.45) is 5.41 Å². The maximum atomic E-state index is 13.8. The van der Waals surface area contributed by atoms with E-state index in [0.717, 1.165) is 50.0 Å². The smallest absolute Gasteiger partial charge is 0.261 e. The van der Waals surface area contributed by atoms with Crippen LogP contribution in [0.2, 0.25) is 0 Å². The van der Waals surface area contributed by atoms with Gasteiger partial charge < -0.3 is 15.0 Å². The van der Waals surface area contributed by atoms with Crippen LogP contribution in [0.3, 0.4) is 0 Å². The van der Waals surface area contributed by atoms with Crippen molar-refractivity contribution in [1.29, 1.82) is 0 Å². The summed E-state index contributed by atoms with van der Waals surface area (Å²) < 4.78 is 32.2. The second-order valence-corrected chi connectivity index (χ2v) is 8.13. The molecule has 152 valence electrons. The molecule has 1 aliphatic carbocycles. The Kier molecular flexibility index (Phi) is 6.58. The zero-order valence-electron chi connectivity index (χ0n) is 15.3. The van der Waals surface area contributed by atoms with Crippen molar-refractivity contribution >= 4 is 29.7 Å². The Labute approximate surface area is 173 Å². The van der Waals surface area contributed by atoms with Gasteiger partial charge in [0.15, 0.2) is 18.2 Å². The predicted molar refractivity (Wildman–Crippen MR) is 107 cm³/mol. The summed E-state index contributed by atoms with van der Waals surface area (Å²) in [4.78, 5) is 14.8. The Morgan fingerprint density at radius 3 is 2.75 bits per heavy atom. The minimum absolute atomic E-state index is 0. The van der Waals surface area contributed by atoms with E-state index in [2.05, 4.69) is 5.32 Å². The highest BCUT2D eigenvalue weighted by atomic mass is 35.5. The third-order valence-corrected chi connectivity index (χ3v) is 6.35. The number of amides is 1. The Balaban J connectivity index is 0.00000225. The first kappa shape index (κ1) is 21.0. The molecule has 0 radical (unpaired) electrons. The van der Waals surface area contributed by atoms with Crippen LogP contribution in [-0.2, 0) is 11.3 Å². The number of nitrogens with one attached hydrogen (secondary N) is 1. The van der Waals surface area contributed by atoms with Crippen molar-refractivity contribution in [3.63, 3.8) is 0 Å². The number of piperidine rings is 1. The van der Waals surface area contributed by atoms with E-state index in [1.54, 1.807) is 11.3 Å². The van der Waals surface area contributed by atoms with Crippen molar-refractivity contribution in [1.82, 2.24) is 10.2 Å². The maximum absolute atomic E-state index is 13.8. The molecule has 2 heterocycles. The molecule has 1 N–H and O–H groups in total. The molecule has 28 heavy (non-hydrogen) atoms. The quantitative estimate of drug-likeness (QED) is 0.756. The molecule has 1 amide bonds. The third kappa shape index (κ3) is 4.47. The van der Waals surface area contributed by atoms with Gasteiger partial charge in [-0.1, -0.05) is 0 Å². The lowest BCUT2D eigenvalue weighted by molar-refractivity contribution is -0.135.